The third-order valence-electron chi connectivity index (χ3n) is 5.88. The average Bonchev–Trinajstić information content (AvgIpc) is 2.84. The van der Waals surface area contributed by atoms with Crippen molar-refractivity contribution in [1.82, 2.24) is 24.7 Å². The van der Waals surface area contributed by atoms with E-state index in [2.05, 4.69) is 21.8 Å². The van der Waals surface area contributed by atoms with Crippen LogP contribution in [-0.4, -0.2) is 101 Å². The molecule has 2 amide bonds. The van der Waals surface area contributed by atoms with Crippen LogP contribution in [0, 0.1) is 17.8 Å². The van der Waals surface area contributed by atoms with Crippen LogP contribution in [0.15, 0.2) is 36.8 Å². The number of aliphatic hydroxyl groups is 1. The predicted molar refractivity (Wildman–Crippen MR) is 132 cm³/mol. The molecule has 0 spiro atoms. The molecule has 0 fully saturated rings. The first-order valence-electron chi connectivity index (χ1n) is 11.6. The Hall–Kier alpha value is -3.48. The molecule has 186 valence electrons. The summed E-state index contributed by atoms with van der Waals surface area (Å²) in [5.41, 5.74) is 1.65. The van der Waals surface area contributed by atoms with Crippen LogP contribution in [0.3, 0.4) is 0 Å². The van der Waals surface area contributed by atoms with Gasteiger partial charge < -0.3 is 24.5 Å². The highest BCUT2D eigenvalue weighted by Crippen LogP contribution is 2.27. The lowest BCUT2D eigenvalue weighted by atomic mass is 10.00. The Balaban J connectivity index is 1.95. The second kappa shape index (κ2) is 11.8. The molecule has 1 N–H and O–H groups in total. The topological polar surface area (TPSA) is 99.1 Å². The fourth-order valence-electron chi connectivity index (χ4n) is 3.73. The van der Waals surface area contributed by atoms with E-state index in [0.29, 0.717) is 18.7 Å². The fourth-order valence-corrected chi connectivity index (χ4v) is 3.73. The van der Waals surface area contributed by atoms with Crippen molar-refractivity contribution in [1.29, 1.82) is 0 Å². The molecule has 0 radical (unpaired) electrons. The van der Waals surface area contributed by atoms with E-state index in [4.69, 9.17) is 4.74 Å². The van der Waals surface area contributed by atoms with Crippen molar-refractivity contribution in [2.75, 3.05) is 47.4 Å². The molecule has 0 aliphatic carbocycles. The second-order valence-corrected chi connectivity index (χ2v) is 9.20. The number of hydrogen-bond acceptors (Lipinski definition) is 7. The zero-order chi connectivity index (χ0) is 25.5. The minimum atomic E-state index is -0.396. The molecular weight excluding hydrogens is 446 g/mol. The van der Waals surface area contributed by atoms with Crippen LogP contribution < -0.4 is 4.74 Å². The van der Waals surface area contributed by atoms with Crippen LogP contribution in [0.2, 0.25) is 0 Å². The number of aliphatic hydroxyl groups excluding tert-OH is 1. The van der Waals surface area contributed by atoms with Crippen molar-refractivity contribution in [2.24, 2.45) is 5.92 Å². The van der Waals surface area contributed by atoms with Gasteiger partial charge in [-0.15, -0.1) is 0 Å². The number of ether oxygens (including phenoxy) is 1. The number of rotatable bonds is 6. The lowest BCUT2D eigenvalue weighted by Gasteiger charge is -2.37. The standard InChI is InChI=1S/C26H33N5O4/c1-18-14-31(19(2)17-32)26(34)22-12-21(7-6-20-8-10-27-11-9-20)13-28-25(22)35-23(18)15-30(5)24(33)16-29(3)4/h8-13,18-19,23,32H,14-17H2,1-5H3/t18-,19+,23-/m0/s1. The van der Waals surface area contributed by atoms with Crippen molar-refractivity contribution < 1.29 is 19.4 Å². The number of fused-ring (bicyclic) bond motifs is 1. The fraction of sp³-hybridized carbons (Fsp3) is 0.462. The highest BCUT2D eigenvalue weighted by Gasteiger charge is 2.34. The number of pyridine rings is 2. The molecule has 0 aromatic carbocycles. The third kappa shape index (κ3) is 6.78. The van der Waals surface area contributed by atoms with Gasteiger partial charge in [-0.05, 0) is 39.2 Å². The molecule has 9 heteroatoms. The van der Waals surface area contributed by atoms with Crippen molar-refractivity contribution in [2.45, 2.75) is 26.0 Å². The van der Waals surface area contributed by atoms with Crippen LogP contribution in [0.1, 0.15) is 35.3 Å². The van der Waals surface area contributed by atoms with Gasteiger partial charge in [0.15, 0.2) is 0 Å². The number of carbonyl (C=O) groups excluding carboxylic acids is 2. The maximum atomic E-state index is 13.5. The van der Waals surface area contributed by atoms with Crippen LogP contribution in [0.25, 0.3) is 0 Å². The summed E-state index contributed by atoms with van der Waals surface area (Å²) in [6.45, 7) is 4.60. The summed E-state index contributed by atoms with van der Waals surface area (Å²) in [7, 11) is 5.43. The zero-order valence-electron chi connectivity index (χ0n) is 20.9. The first-order valence-corrected chi connectivity index (χ1v) is 11.6. The smallest absolute Gasteiger partial charge is 0.259 e. The number of hydrogen-bond donors (Lipinski definition) is 1. The van der Waals surface area contributed by atoms with Crippen molar-refractivity contribution in [3.05, 3.63) is 53.5 Å². The molecule has 9 nitrogen and oxygen atoms in total. The van der Waals surface area contributed by atoms with E-state index in [1.807, 2.05) is 25.9 Å². The SMILES string of the molecule is C[C@H](CO)N1C[C@H](C)[C@H](CN(C)C(=O)CN(C)C)Oc2ncc(C#Cc3ccncc3)cc2C1=O. The second-order valence-electron chi connectivity index (χ2n) is 9.20. The number of likely N-dealkylation sites (N-methyl/N-ethyl adjacent to an activating group) is 2. The summed E-state index contributed by atoms with van der Waals surface area (Å²) in [6.07, 6.45) is 4.50. The van der Waals surface area contributed by atoms with E-state index in [9.17, 15) is 14.7 Å². The summed E-state index contributed by atoms with van der Waals surface area (Å²) in [4.78, 5) is 39.5. The molecule has 0 bridgehead atoms. The molecule has 2 aromatic heterocycles. The zero-order valence-corrected chi connectivity index (χ0v) is 20.9. The van der Waals surface area contributed by atoms with E-state index >= 15 is 0 Å². The molecule has 0 unspecified atom stereocenters. The highest BCUT2D eigenvalue weighted by atomic mass is 16.5. The molecule has 1 aliphatic rings. The Morgan fingerprint density at radius 3 is 2.60 bits per heavy atom. The third-order valence-corrected chi connectivity index (χ3v) is 5.88. The quantitative estimate of drug-likeness (QED) is 0.620. The Bertz CT molecular complexity index is 1100. The summed E-state index contributed by atoms with van der Waals surface area (Å²) in [5, 5.41) is 9.81. The van der Waals surface area contributed by atoms with Gasteiger partial charge in [-0.1, -0.05) is 18.8 Å². The average molecular weight is 480 g/mol. The van der Waals surface area contributed by atoms with Gasteiger partial charge in [-0.25, -0.2) is 4.98 Å². The number of amides is 2. The minimum Gasteiger partial charge on any atom is -0.472 e. The Morgan fingerprint density at radius 2 is 1.94 bits per heavy atom. The molecule has 0 saturated heterocycles. The van der Waals surface area contributed by atoms with E-state index in [1.54, 1.807) is 60.6 Å². The molecular formula is C26H33N5O4. The highest BCUT2D eigenvalue weighted by molar-refractivity contribution is 5.97. The van der Waals surface area contributed by atoms with Crippen molar-refractivity contribution in [3.63, 3.8) is 0 Å². The van der Waals surface area contributed by atoms with Crippen LogP contribution >= 0.6 is 0 Å². The Labute approximate surface area is 206 Å². The van der Waals surface area contributed by atoms with Gasteiger partial charge in [0.1, 0.15) is 11.7 Å². The van der Waals surface area contributed by atoms with Gasteiger partial charge in [-0.3, -0.25) is 14.6 Å². The van der Waals surface area contributed by atoms with Gasteiger partial charge in [0.25, 0.3) is 5.91 Å². The van der Waals surface area contributed by atoms with E-state index < -0.39 is 12.1 Å². The summed E-state index contributed by atoms with van der Waals surface area (Å²) >= 11 is 0. The lowest BCUT2D eigenvalue weighted by molar-refractivity contribution is -0.132. The summed E-state index contributed by atoms with van der Waals surface area (Å²) in [5.74, 6) is 5.87. The monoisotopic (exact) mass is 479 g/mol. The van der Waals surface area contributed by atoms with E-state index in [-0.39, 0.29) is 42.3 Å². The number of carbonyl (C=O) groups is 2. The largest absolute Gasteiger partial charge is 0.472 e. The van der Waals surface area contributed by atoms with Crippen LogP contribution in [0.4, 0.5) is 0 Å². The molecule has 3 atom stereocenters. The van der Waals surface area contributed by atoms with Gasteiger partial charge in [0.2, 0.25) is 11.8 Å². The predicted octanol–water partition coefficient (Wildman–Crippen LogP) is 1.12. The van der Waals surface area contributed by atoms with Crippen LogP contribution in [0.5, 0.6) is 5.88 Å². The molecule has 0 saturated carbocycles. The van der Waals surface area contributed by atoms with Gasteiger partial charge in [0.05, 0.1) is 25.7 Å². The Morgan fingerprint density at radius 1 is 1.26 bits per heavy atom. The maximum absolute atomic E-state index is 13.5. The maximum Gasteiger partial charge on any atom is 0.259 e. The van der Waals surface area contributed by atoms with Gasteiger partial charge in [-0.2, -0.15) is 0 Å². The van der Waals surface area contributed by atoms with E-state index in [1.165, 1.54) is 0 Å². The van der Waals surface area contributed by atoms with Gasteiger partial charge in [0, 0.05) is 49.2 Å². The normalized spacial score (nSPS) is 18.5. The van der Waals surface area contributed by atoms with Gasteiger partial charge >= 0.3 is 0 Å². The molecule has 2 aromatic rings. The first-order chi connectivity index (χ1) is 16.7. The number of aromatic nitrogens is 2. The van der Waals surface area contributed by atoms with Crippen molar-refractivity contribution >= 4 is 11.8 Å². The first kappa shape index (κ1) is 26.1. The van der Waals surface area contributed by atoms with E-state index in [0.717, 1.165) is 5.56 Å². The molecule has 1 aliphatic heterocycles. The Kier molecular flexibility index (Phi) is 8.79. The molecule has 3 heterocycles. The van der Waals surface area contributed by atoms with Crippen molar-refractivity contribution in [3.8, 4) is 17.7 Å². The summed E-state index contributed by atoms with van der Waals surface area (Å²) in [6, 6.07) is 4.88. The molecule has 3 rings (SSSR count). The van der Waals surface area contributed by atoms with Crippen LogP contribution in [-0.2, 0) is 4.79 Å². The lowest BCUT2D eigenvalue weighted by Crippen LogP contribution is -2.51. The summed E-state index contributed by atoms with van der Waals surface area (Å²) < 4.78 is 6.24. The minimum absolute atomic E-state index is 0.0283. The molecule has 35 heavy (non-hydrogen) atoms. The number of nitrogens with zero attached hydrogens (tertiary/aromatic N) is 5.